The van der Waals surface area contributed by atoms with Crippen LogP contribution in [0, 0.1) is 5.92 Å². The molecule has 34 atom stereocenters. The largest absolute Gasteiger partial charge is 0.457 e. The van der Waals surface area contributed by atoms with Crippen LogP contribution in [0.4, 0.5) is 0 Å². The highest BCUT2D eigenvalue weighted by Gasteiger charge is 2.64. The van der Waals surface area contributed by atoms with Gasteiger partial charge in [-0.05, 0) is 51.1 Å². The molecule has 1 saturated carbocycles. The van der Waals surface area contributed by atoms with Crippen molar-refractivity contribution in [2.45, 2.75) is 305 Å². The van der Waals surface area contributed by atoms with Crippen molar-refractivity contribution < 1.29 is 185 Å². The van der Waals surface area contributed by atoms with Gasteiger partial charge in [0.1, 0.15) is 36.6 Å². The van der Waals surface area contributed by atoms with E-state index < -0.39 is 345 Å². The third-order valence-corrected chi connectivity index (χ3v) is 19.8. The van der Waals surface area contributed by atoms with Crippen molar-refractivity contribution in [1.29, 1.82) is 0 Å². The van der Waals surface area contributed by atoms with Gasteiger partial charge >= 0.3 is 77.6 Å². The summed E-state index contributed by atoms with van der Waals surface area (Å²) >= 11 is 0. The van der Waals surface area contributed by atoms with Gasteiger partial charge in [-0.3, -0.25) is 62.3 Å². The van der Waals surface area contributed by atoms with E-state index in [0.717, 1.165) is 90.0 Å². The first-order valence-corrected chi connectivity index (χ1v) is 39.2. The summed E-state index contributed by atoms with van der Waals surface area (Å²) in [6.45, 7) is 4.66. The van der Waals surface area contributed by atoms with Crippen molar-refractivity contribution in [3.8, 4) is 0 Å². The van der Waals surface area contributed by atoms with Crippen molar-refractivity contribution in [3.05, 3.63) is 73.1 Å². The van der Waals surface area contributed by atoms with E-state index in [1.165, 1.54) is 0 Å². The van der Waals surface area contributed by atoms with Crippen LogP contribution in [0.1, 0.15) is 103 Å². The number of hydrogen-bond acceptors (Lipinski definition) is 46. The fourth-order valence-electron chi connectivity index (χ4n) is 15.7. The molecule has 0 aromatic rings. The molecule has 20 aliphatic heterocycles. The van der Waals surface area contributed by atoms with Crippen molar-refractivity contribution in [1.82, 2.24) is 0 Å². The highest BCUT2D eigenvalue weighted by Crippen LogP contribution is 2.45. The van der Waals surface area contributed by atoms with E-state index in [2.05, 4.69) is 70.2 Å². The number of esters is 13. The molecule has 20 saturated heterocycles. The molecule has 60 heteroatoms. The van der Waals surface area contributed by atoms with E-state index in [0.29, 0.717) is 0 Å². The highest BCUT2D eigenvalue weighted by molar-refractivity contribution is 5.71. The Morgan fingerprint density at radius 3 is 0.682 bits per heavy atom. The number of carbonyl (C=O) groups is 13. The minimum Gasteiger partial charge on any atom is -0.457 e. The van der Waals surface area contributed by atoms with E-state index >= 15 is 0 Å². The lowest BCUT2D eigenvalue weighted by atomic mass is 9.79. The quantitative estimate of drug-likeness (QED) is 0.0375. The van der Waals surface area contributed by atoms with Gasteiger partial charge in [0, 0.05) is 137 Å². The molecular formula is C69H91N21O39. The number of carbonyl (C=O) groups excluding carboxylic acids is 13. The van der Waals surface area contributed by atoms with Crippen LogP contribution in [0.15, 0.2) is 35.8 Å². The average Bonchev–Trinajstić information content (AvgIpc) is 0.804. The third-order valence-electron chi connectivity index (χ3n) is 19.8. The predicted molar refractivity (Wildman–Crippen MR) is 403 cm³/mol. The first-order chi connectivity index (χ1) is 61.3. The molecule has 0 radical (unpaired) electrons. The van der Waals surface area contributed by atoms with Gasteiger partial charge in [0.05, 0.1) is 88.1 Å². The molecule has 0 amide bonds. The third kappa shape index (κ3) is 27.9. The Bertz CT molecular complexity index is 4320. The summed E-state index contributed by atoms with van der Waals surface area (Å²) in [6, 6.07) is 0. The molecule has 21 aliphatic rings. The second-order valence-corrected chi connectivity index (χ2v) is 29.2. The molecule has 129 heavy (non-hydrogen) atoms. The number of rotatable bonds is 27. The number of azide groups is 7. The van der Waals surface area contributed by atoms with Crippen LogP contribution >= 0.6 is 0 Å². The smallest absolute Gasteiger partial charge is 0.303 e. The lowest BCUT2D eigenvalue weighted by Gasteiger charge is -2.52. The molecule has 20 unspecified atom stereocenters. The number of nitrogens with zero attached hydrogens (tertiary/aromatic N) is 21. The zero-order chi connectivity index (χ0) is 94.8. The van der Waals surface area contributed by atoms with E-state index in [1.807, 2.05) is 0 Å². The van der Waals surface area contributed by atoms with Crippen molar-refractivity contribution in [2.75, 3.05) is 45.8 Å². The molecule has 20 heterocycles. The normalized spacial score (nSPS) is 35.8. The van der Waals surface area contributed by atoms with E-state index in [-0.39, 0.29) is 0 Å². The zero-order valence-electron chi connectivity index (χ0n) is 70.8. The lowest BCUT2D eigenvalue weighted by molar-refractivity contribution is -0.389. The van der Waals surface area contributed by atoms with Gasteiger partial charge in [0.15, 0.2) is 117 Å². The van der Waals surface area contributed by atoms with Gasteiger partial charge in [0.2, 0.25) is 0 Å². The highest BCUT2D eigenvalue weighted by atomic mass is 16.8. The van der Waals surface area contributed by atoms with Crippen molar-refractivity contribution >= 4 is 77.6 Å². The Hall–Kier alpha value is -12.2. The second-order valence-electron chi connectivity index (χ2n) is 29.2. The Labute approximate surface area is 726 Å². The molecule has 0 N–H and O–H groups in total. The average molecular weight is 1840 g/mol. The molecule has 706 valence electrons. The van der Waals surface area contributed by atoms with Gasteiger partial charge < -0.3 is 123 Å². The topological polar surface area (TPSA) is 803 Å². The minimum absolute atomic E-state index is 0.676. The van der Waals surface area contributed by atoms with Crippen LogP contribution in [-0.2, 0) is 185 Å². The Morgan fingerprint density at radius 1 is 0.217 bits per heavy atom. The number of ether oxygens (including phenoxy) is 26. The molecule has 21 rings (SSSR count). The predicted octanol–water partition coefficient (Wildman–Crippen LogP) is 3.11. The summed E-state index contributed by atoms with van der Waals surface area (Å²) in [5, 5.41) is 25.8. The molecular weight excluding hydrogens is 1750 g/mol. The summed E-state index contributed by atoms with van der Waals surface area (Å²) in [6.07, 6.45) is -71.2. The molecule has 0 aromatic carbocycles. The Balaban J connectivity index is 1.45. The molecule has 21 fully saturated rings. The van der Waals surface area contributed by atoms with Crippen molar-refractivity contribution in [2.24, 2.45) is 41.7 Å². The van der Waals surface area contributed by atoms with Crippen LogP contribution in [-0.4, -0.2) is 326 Å². The van der Waals surface area contributed by atoms with Crippen LogP contribution in [0.25, 0.3) is 73.1 Å². The van der Waals surface area contributed by atoms with Crippen LogP contribution in [0.5, 0.6) is 0 Å². The molecule has 1 aliphatic carbocycles. The number of hydrogen-bond donors (Lipinski definition) is 0. The first-order valence-electron chi connectivity index (χ1n) is 39.2. The molecule has 0 spiro atoms. The lowest BCUT2D eigenvalue weighted by Crippen LogP contribution is -2.69. The summed E-state index contributed by atoms with van der Waals surface area (Å²) in [5.74, 6) is -17.4. The van der Waals surface area contributed by atoms with Crippen LogP contribution in [0.3, 0.4) is 0 Å². The Kier molecular flexibility index (Phi) is 38.2. The first kappa shape index (κ1) is 102. The Morgan fingerprint density at radius 2 is 0.419 bits per heavy atom. The van der Waals surface area contributed by atoms with Crippen LogP contribution in [0.2, 0.25) is 0 Å². The standard InChI is InChI=1S/C69H91N21O39/c1-23(91)104-39-15-37-40(17-78-85-71)119-64(39)126-49-42(19-80-87-73)122-67(61(114-33(11)101)55(49)108-27(5)95)128-51-44(21-82-89-75)124-69(63(116-35(13)103)57(51)110-29(7)97)129-52-45(22-83-90-76)123-68(62(115-34(12)102)58(52)111-30(8)98)127-50-43(20-81-88-74)121-66(60(113-32(10)100)56(50)109-28(6)96)125-46-36(16-77-84-70)14-38(47(105-24(2)92)53(46)106-25(3)93)117-48-41(18-79-86-72)120-65(118-37)59(112-31(9)99)54(48)107-26(4)94/h36-69H,14-22H2,1-13H3/t36?,37-,38-,39?,40?,41?,42?,43?,44?,45?,46+,47?,48+,49+,50+,51+,52+,53?,54?,55?,56?,57?,58?,59?,60?,61?,62?,63?,64+,65-,66+,67-,68-,69-/m0/s1. The fraction of sp³-hybridized carbons (Fsp3) is 0.812. The minimum atomic E-state index is -2.38. The van der Waals surface area contributed by atoms with Gasteiger partial charge in [0.25, 0.3) is 0 Å². The zero-order valence-corrected chi connectivity index (χ0v) is 70.8. The summed E-state index contributed by atoms with van der Waals surface area (Å²) in [7, 11) is 0. The summed E-state index contributed by atoms with van der Waals surface area (Å²) < 4.78 is 163. The fourth-order valence-corrected chi connectivity index (χ4v) is 15.7. The SMILES string of the molecule is CC(=O)OC1C[C@@H]2O[C@H]3OC(CN=[N+]=[N-])[C@@H](O[C@H]4CC(CN=[N+]=[N-])[C@@H](O[C@H]5OC(CN=[N+]=[N-])[C@@H](O[C@@H]6OC(CN=[N+]=[N-])[C@@H](O[C@@H]7OC(CN=[N+]=[N-])[C@@H](O[C@@H]8OC(CN=[N+]=[N-])[C@@H](O[C@H]1OC2CN=[N+]=[N-])C(OC(C)=O)C8OC(C)=O)C(OC(C)=O)C7OC(C)=O)C(OC(C)=O)C6OC(C)=O)C(OC(C)=O)C5OC(C)=O)C(OC(C)=O)C4OC(C)=O)C(OC(C)=O)C3OC(C)=O. The maximum Gasteiger partial charge on any atom is 0.303 e. The van der Waals surface area contributed by atoms with E-state index in [4.69, 9.17) is 123 Å². The molecule has 0 aromatic heterocycles. The van der Waals surface area contributed by atoms with Crippen LogP contribution < -0.4 is 0 Å². The maximum atomic E-state index is 13.8. The second kappa shape index (κ2) is 48.2. The van der Waals surface area contributed by atoms with Gasteiger partial charge in [-0.1, -0.05) is 35.8 Å². The maximum absolute atomic E-state index is 13.8. The van der Waals surface area contributed by atoms with Crippen molar-refractivity contribution in [3.63, 3.8) is 0 Å². The molecule has 14 bridgehead atoms. The molecule has 60 nitrogen and oxygen atoms in total. The van der Waals surface area contributed by atoms with Gasteiger partial charge in [-0.15, -0.1) is 0 Å². The van der Waals surface area contributed by atoms with E-state index in [1.54, 1.807) is 0 Å². The summed E-state index contributed by atoms with van der Waals surface area (Å²) in [4.78, 5) is 198. The monoisotopic (exact) mass is 1840 g/mol. The summed E-state index contributed by atoms with van der Waals surface area (Å²) in [5.41, 5.74) is 70.1. The van der Waals surface area contributed by atoms with Gasteiger partial charge in [-0.25, -0.2) is 0 Å². The van der Waals surface area contributed by atoms with E-state index in [9.17, 15) is 101 Å². The van der Waals surface area contributed by atoms with Gasteiger partial charge in [-0.2, -0.15) is 0 Å².